The zero-order chi connectivity index (χ0) is 18.0. The van der Waals surface area contributed by atoms with Crippen molar-refractivity contribution >= 4 is 32.7 Å². The molecule has 25 heavy (non-hydrogen) atoms. The van der Waals surface area contributed by atoms with Crippen LogP contribution in [0.4, 0.5) is 5.95 Å². The lowest BCUT2D eigenvalue weighted by atomic mass is 10.2. The molecule has 0 unspecified atom stereocenters. The van der Waals surface area contributed by atoms with E-state index >= 15 is 0 Å². The lowest BCUT2D eigenvalue weighted by Crippen LogP contribution is -2.16. The predicted molar refractivity (Wildman–Crippen MR) is 97.5 cm³/mol. The molecule has 1 aromatic heterocycles. The highest BCUT2D eigenvalue weighted by molar-refractivity contribution is 7.90. The van der Waals surface area contributed by atoms with Gasteiger partial charge in [-0.3, -0.25) is 10.1 Å². The molecule has 0 spiro atoms. The monoisotopic (exact) mass is 357 g/mol. The van der Waals surface area contributed by atoms with Crippen LogP contribution < -0.4 is 5.32 Å². The van der Waals surface area contributed by atoms with Crippen LogP contribution in [0.25, 0.3) is 11.0 Å². The van der Waals surface area contributed by atoms with Gasteiger partial charge in [0.15, 0.2) is 9.84 Å². The van der Waals surface area contributed by atoms with E-state index in [2.05, 4.69) is 17.2 Å². The molecule has 7 heteroatoms. The van der Waals surface area contributed by atoms with Gasteiger partial charge in [-0.2, -0.15) is 0 Å². The summed E-state index contributed by atoms with van der Waals surface area (Å²) in [5, 5.41) is 2.82. The number of aryl methyl sites for hydroxylation is 1. The molecule has 3 rings (SSSR count). The number of amides is 1. The Morgan fingerprint density at radius 3 is 2.44 bits per heavy atom. The summed E-state index contributed by atoms with van der Waals surface area (Å²) in [6.07, 6.45) is 2.04. The number of rotatable bonds is 5. The minimum Gasteiger partial charge on any atom is -0.310 e. The molecule has 0 aliphatic rings. The molecule has 0 aliphatic heterocycles. The van der Waals surface area contributed by atoms with E-state index in [4.69, 9.17) is 0 Å². The van der Waals surface area contributed by atoms with Crippen LogP contribution in [0.15, 0.2) is 53.4 Å². The van der Waals surface area contributed by atoms with Crippen molar-refractivity contribution in [1.82, 2.24) is 9.55 Å². The van der Waals surface area contributed by atoms with Crippen molar-refractivity contribution in [2.24, 2.45) is 0 Å². The van der Waals surface area contributed by atoms with Gasteiger partial charge in [0, 0.05) is 18.4 Å². The number of fused-ring (bicyclic) bond motifs is 1. The Morgan fingerprint density at radius 2 is 1.80 bits per heavy atom. The standard InChI is InChI=1S/C18H19N3O3S/c1-3-12-21-16-7-5-4-6-15(16)19-18(21)20-17(22)13-8-10-14(11-9-13)25(2,23)24/h4-11H,3,12H2,1-2H3,(H,19,20,22). The predicted octanol–water partition coefficient (Wildman–Crippen LogP) is 3.10. The maximum Gasteiger partial charge on any atom is 0.257 e. The number of anilines is 1. The number of sulfone groups is 1. The third-order valence-electron chi connectivity index (χ3n) is 3.87. The fourth-order valence-corrected chi connectivity index (χ4v) is 3.28. The number of nitrogens with zero attached hydrogens (tertiary/aromatic N) is 2. The summed E-state index contributed by atoms with van der Waals surface area (Å²) >= 11 is 0. The van der Waals surface area contributed by atoms with Crippen molar-refractivity contribution in [3.63, 3.8) is 0 Å². The Labute approximate surface area is 146 Å². The van der Waals surface area contributed by atoms with Gasteiger partial charge in [-0.15, -0.1) is 0 Å². The number of nitrogens with one attached hydrogen (secondary N) is 1. The molecule has 0 aliphatic carbocycles. The van der Waals surface area contributed by atoms with E-state index < -0.39 is 9.84 Å². The van der Waals surface area contributed by atoms with Crippen LogP contribution >= 0.6 is 0 Å². The van der Waals surface area contributed by atoms with Crippen molar-refractivity contribution in [2.75, 3.05) is 11.6 Å². The van der Waals surface area contributed by atoms with Gasteiger partial charge in [-0.1, -0.05) is 19.1 Å². The summed E-state index contributed by atoms with van der Waals surface area (Å²) < 4.78 is 25.0. The summed E-state index contributed by atoms with van der Waals surface area (Å²) in [5.41, 5.74) is 2.16. The highest BCUT2D eigenvalue weighted by Crippen LogP contribution is 2.21. The number of para-hydroxylation sites is 2. The van der Waals surface area contributed by atoms with Crippen LogP contribution in [0.5, 0.6) is 0 Å². The lowest BCUT2D eigenvalue weighted by Gasteiger charge is -2.09. The number of benzene rings is 2. The van der Waals surface area contributed by atoms with E-state index in [-0.39, 0.29) is 10.8 Å². The van der Waals surface area contributed by atoms with E-state index in [1.165, 1.54) is 24.3 Å². The van der Waals surface area contributed by atoms with Gasteiger partial charge >= 0.3 is 0 Å². The van der Waals surface area contributed by atoms with Gasteiger partial charge in [-0.05, 0) is 42.8 Å². The number of carbonyl (C=O) groups is 1. The number of aromatic nitrogens is 2. The topological polar surface area (TPSA) is 81.1 Å². The number of imidazole rings is 1. The van der Waals surface area contributed by atoms with Crippen molar-refractivity contribution in [3.05, 3.63) is 54.1 Å². The van der Waals surface area contributed by atoms with E-state index in [0.717, 1.165) is 30.3 Å². The van der Waals surface area contributed by atoms with Crippen molar-refractivity contribution < 1.29 is 13.2 Å². The first-order chi connectivity index (χ1) is 11.9. The van der Waals surface area contributed by atoms with Crippen molar-refractivity contribution in [3.8, 4) is 0 Å². The summed E-state index contributed by atoms with van der Waals surface area (Å²) in [6.45, 7) is 2.80. The summed E-state index contributed by atoms with van der Waals surface area (Å²) in [4.78, 5) is 17.2. The van der Waals surface area contributed by atoms with E-state index in [1.807, 2.05) is 28.8 Å². The Bertz CT molecular complexity index is 1020. The molecule has 1 N–H and O–H groups in total. The van der Waals surface area contributed by atoms with Crippen LogP contribution in [0.2, 0.25) is 0 Å². The van der Waals surface area contributed by atoms with Crippen LogP contribution in [0.3, 0.4) is 0 Å². The minimum absolute atomic E-state index is 0.183. The molecule has 0 atom stereocenters. The van der Waals surface area contributed by atoms with Crippen LogP contribution in [-0.4, -0.2) is 30.1 Å². The lowest BCUT2D eigenvalue weighted by molar-refractivity contribution is 0.102. The molecular weight excluding hydrogens is 338 g/mol. The Kier molecular flexibility index (Phi) is 4.59. The summed E-state index contributed by atoms with van der Waals surface area (Å²) in [7, 11) is -3.28. The molecule has 1 heterocycles. The van der Waals surface area contributed by atoms with Gasteiger partial charge < -0.3 is 4.57 Å². The highest BCUT2D eigenvalue weighted by Gasteiger charge is 2.15. The highest BCUT2D eigenvalue weighted by atomic mass is 32.2. The Balaban J connectivity index is 1.90. The second-order valence-electron chi connectivity index (χ2n) is 5.83. The molecule has 1 amide bonds. The molecule has 3 aromatic rings. The van der Waals surface area contributed by atoms with Crippen LogP contribution in [-0.2, 0) is 16.4 Å². The van der Waals surface area contributed by atoms with Gasteiger partial charge in [0.2, 0.25) is 5.95 Å². The number of hydrogen-bond donors (Lipinski definition) is 1. The zero-order valence-corrected chi connectivity index (χ0v) is 14.9. The first-order valence-electron chi connectivity index (χ1n) is 7.97. The van der Waals surface area contributed by atoms with Gasteiger partial charge in [0.05, 0.1) is 15.9 Å². The Morgan fingerprint density at radius 1 is 1.12 bits per heavy atom. The fraction of sp³-hybridized carbons (Fsp3) is 0.222. The average Bonchev–Trinajstić information content (AvgIpc) is 2.92. The van der Waals surface area contributed by atoms with E-state index in [9.17, 15) is 13.2 Å². The van der Waals surface area contributed by atoms with Gasteiger partial charge in [0.1, 0.15) is 0 Å². The average molecular weight is 357 g/mol. The largest absolute Gasteiger partial charge is 0.310 e. The molecule has 0 fully saturated rings. The first kappa shape index (κ1) is 17.2. The molecule has 0 radical (unpaired) electrons. The maximum absolute atomic E-state index is 12.5. The molecule has 2 aromatic carbocycles. The Hall–Kier alpha value is -2.67. The smallest absolute Gasteiger partial charge is 0.257 e. The zero-order valence-electron chi connectivity index (χ0n) is 14.1. The minimum atomic E-state index is -3.28. The molecule has 0 saturated carbocycles. The molecular formula is C18H19N3O3S. The molecule has 6 nitrogen and oxygen atoms in total. The van der Waals surface area contributed by atoms with Crippen molar-refractivity contribution in [2.45, 2.75) is 24.8 Å². The maximum atomic E-state index is 12.5. The van der Waals surface area contributed by atoms with Gasteiger partial charge in [-0.25, -0.2) is 13.4 Å². The third-order valence-corrected chi connectivity index (χ3v) is 5.00. The molecule has 130 valence electrons. The fourth-order valence-electron chi connectivity index (χ4n) is 2.65. The second-order valence-corrected chi connectivity index (χ2v) is 7.84. The normalized spacial score (nSPS) is 11.6. The summed E-state index contributed by atoms with van der Waals surface area (Å²) in [5.74, 6) is 0.160. The van der Waals surface area contributed by atoms with Crippen LogP contribution in [0.1, 0.15) is 23.7 Å². The van der Waals surface area contributed by atoms with Crippen molar-refractivity contribution in [1.29, 1.82) is 0 Å². The second kappa shape index (κ2) is 6.68. The number of carbonyl (C=O) groups excluding carboxylic acids is 1. The van der Waals surface area contributed by atoms with E-state index in [0.29, 0.717) is 11.5 Å². The van der Waals surface area contributed by atoms with E-state index in [1.54, 1.807) is 0 Å². The quantitative estimate of drug-likeness (QED) is 0.761. The van der Waals surface area contributed by atoms with Gasteiger partial charge in [0.25, 0.3) is 5.91 Å². The summed E-state index contributed by atoms with van der Waals surface area (Å²) in [6, 6.07) is 13.6. The van der Waals surface area contributed by atoms with Crippen LogP contribution in [0, 0.1) is 0 Å². The molecule has 0 saturated heterocycles. The third kappa shape index (κ3) is 3.56. The molecule has 0 bridgehead atoms. The number of hydrogen-bond acceptors (Lipinski definition) is 4. The SMILES string of the molecule is CCCn1c(NC(=O)c2ccc(S(C)(=O)=O)cc2)nc2ccccc21. The first-order valence-corrected chi connectivity index (χ1v) is 9.86.